The van der Waals surface area contributed by atoms with Crippen molar-refractivity contribution in [1.29, 1.82) is 0 Å². The molecule has 6 heteroatoms. The first-order valence-electron chi connectivity index (χ1n) is 6.40. The highest BCUT2D eigenvalue weighted by molar-refractivity contribution is 6.02. The van der Waals surface area contributed by atoms with E-state index in [0.29, 0.717) is 17.0 Å². The van der Waals surface area contributed by atoms with E-state index in [4.69, 9.17) is 4.42 Å². The van der Waals surface area contributed by atoms with E-state index < -0.39 is 11.9 Å². The van der Waals surface area contributed by atoms with Crippen molar-refractivity contribution in [1.82, 2.24) is 4.98 Å². The smallest absolute Gasteiger partial charge is 0.291 e. The average Bonchev–Trinajstić information content (AvgIpc) is 3.00. The number of furan rings is 1. The molecule has 4 nitrogen and oxygen atoms in total. The Morgan fingerprint density at radius 1 is 1.00 bits per heavy atom. The second-order valence-electron chi connectivity index (χ2n) is 4.49. The van der Waals surface area contributed by atoms with Crippen molar-refractivity contribution >= 4 is 11.6 Å². The first-order valence-corrected chi connectivity index (χ1v) is 6.40. The number of pyridine rings is 1. The molecule has 0 atom stereocenters. The van der Waals surface area contributed by atoms with Crippen molar-refractivity contribution in [3.8, 4) is 11.3 Å². The Kier molecular flexibility index (Phi) is 3.65. The molecule has 2 aromatic heterocycles. The minimum atomic E-state index is -0.630. The average molecular weight is 300 g/mol. The summed E-state index contributed by atoms with van der Waals surface area (Å²) < 4.78 is 31.0. The van der Waals surface area contributed by atoms with Crippen molar-refractivity contribution in [3.05, 3.63) is 72.3 Å². The van der Waals surface area contributed by atoms with Crippen LogP contribution in [0.4, 0.5) is 14.5 Å². The second-order valence-corrected chi connectivity index (χ2v) is 4.49. The number of amides is 1. The molecule has 0 unspecified atom stereocenters. The number of anilines is 1. The number of benzene rings is 1. The van der Waals surface area contributed by atoms with Gasteiger partial charge in [-0.25, -0.2) is 9.37 Å². The van der Waals surface area contributed by atoms with Crippen LogP contribution in [0.5, 0.6) is 0 Å². The lowest BCUT2D eigenvalue weighted by Crippen LogP contribution is -2.11. The van der Waals surface area contributed by atoms with E-state index in [2.05, 4.69) is 10.3 Å². The van der Waals surface area contributed by atoms with Gasteiger partial charge in [0.25, 0.3) is 5.91 Å². The lowest BCUT2D eigenvalue weighted by atomic mass is 10.2. The molecule has 1 amide bonds. The maximum atomic E-state index is 12.9. The molecule has 0 fully saturated rings. The van der Waals surface area contributed by atoms with Crippen LogP contribution in [0.2, 0.25) is 0 Å². The molecular formula is C16H10F2N2O2. The third-order valence-corrected chi connectivity index (χ3v) is 2.94. The zero-order valence-electron chi connectivity index (χ0n) is 11.2. The summed E-state index contributed by atoms with van der Waals surface area (Å²) in [6.45, 7) is 0. The Hall–Kier alpha value is -3.02. The number of nitrogens with one attached hydrogen (secondary N) is 1. The molecule has 3 rings (SSSR count). The summed E-state index contributed by atoms with van der Waals surface area (Å²) in [5.41, 5.74) is 1.01. The zero-order valence-corrected chi connectivity index (χ0v) is 11.2. The number of hydrogen-bond acceptors (Lipinski definition) is 3. The highest BCUT2D eigenvalue weighted by Gasteiger charge is 2.12. The van der Waals surface area contributed by atoms with Crippen LogP contribution in [0.15, 0.2) is 59.1 Å². The summed E-state index contributed by atoms with van der Waals surface area (Å²) >= 11 is 0. The van der Waals surface area contributed by atoms with Crippen molar-refractivity contribution in [2.75, 3.05) is 5.32 Å². The fourth-order valence-electron chi connectivity index (χ4n) is 1.87. The zero-order chi connectivity index (χ0) is 15.5. The number of nitrogens with zero attached hydrogens (tertiary/aromatic N) is 1. The maximum absolute atomic E-state index is 12.9. The Morgan fingerprint density at radius 3 is 2.45 bits per heavy atom. The standard InChI is InChI=1S/C16H10F2N2O2/c17-11-3-1-10(2-4-11)13-6-7-14(22-13)16(21)20-12-5-8-15(18)19-9-12/h1-9H,(H,20,21). The van der Waals surface area contributed by atoms with Gasteiger partial charge in [0.15, 0.2) is 5.76 Å². The van der Waals surface area contributed by atoms with Crippen molar-refractivity contribution < 1.29 is 18.0 Å². The van der Waals surface area contributed by atoms with E-state index in [0.717, 1.165) is 6.07 Å². The summed E-state index contributed by atoms with van der Waals surface area (Å²) in [5, 5.41) is 2.54. The molecule has 110 valence electrons. The van der Waals surface area contributed by atoms with Gasteiger partial charge < -0.3 is 9.73 Å². The van der Waals surface area contributed by atoms with Gasteiger partial charge >= 0.3 is 0 Å². The van der Waals surface area contributed by atoms with E-state index in [-0.39, 0.29) is 11.6 Å². The molecule has 1 N–H and O–H groups in total. The second kappa shape index (κ2) is 5.77. The molecule has 0 radical (unpaired) electrons. The number of rotatable bonds is 3. The molecule has 3 aromatic rings. The van der Waals surface area contributed by atoms with E-state index in [1.807, 2.05) is 0 Å². The number of aromatic nitrogens is 1. The Balaban J connectivity index is 1.76. The number of carbonyl (C=O) groups is 1. The van der Waals surface area contributed by atoms with Gasteiger partial charge in [-0.3, -0.25) is 4.79 Å². The third-order valence-electron chi connectivity index (χ3n) is 2.94. The van der Waals surface area contributed by atoms with Crippen LogP contribution >= 0.6 is 0 Å². The maximum Gasteiger partial charge on any atom is 0.291 e. The highest BCUT2D eigenvalue weighted by atomic mass is 19.1. The Morgan fingerprint density at radius 2 is 1.77 bits per heavy atom. The monoisotopic (exact) mass is 300 g/mol. The number of halogens is 2. The quantitative estimate of drug-likeness (QED) is 0.747. The summed E-state index contributed by atoms with van der Waals surface area (Å²) in [7, 11) is 0. The molecule has 0 saturated carbocycles. The van der Waals surface area contributed by atoms with Crippen LogP contribution in [0.1, 0.15) is 10.6 Å². The summed E-state index contributed by atoms with van der Waals surface area (Å²) in [4.78, 5) is 15.5. The summed E-state index contributed by atoms with van der Waals surface area (Å²) in [6.07, 6.45) is 1.21. The molecule has 0 aliphatic rings. The predicted octanol–water partition coefficient (Wildman–Crippen LogP) is 3.87. The lowest BCUT2D eigenvalue weighted by molar-refractivity contribution is 0.0997. The molecule has 22 heavy (non-hydrogen) atoms. The van der Waals surface area contributed by atoms with Crippen LogP contribution in [0, 0.1) is 11.8 Å². The first-order chi connectivity index (χ1) is 10.6. The van der Waals surface area contributed by atoms with Crippen LogP contribution in [0.3, 0.4) is 0 Å². The molecular weight excluding hydrogens is 290 g/mol. The molecule has 2 heterocycles. The Labute approximate surface area is 124 Å². The highest BCUT2D eigenvalue weighted by Crippen LogP contribution is 2.23. The fourth-order valence-corrected chi connectivity index (χ4v) is 1.87. The van der Waals surface area contributed by atoms with Gasteiger partial charge in [0.2, 0.25) is 5.95 Å². The summed E-state index contributed by atoms with van der Waals surface area (Å²) in [6, 6.07) is 11.4. The van der Waals surface area contributed by atoms with Gasteiger partial charge in [-0.15, -0.1) is 0 Å². The van der Waals surface area contributed by atoms with Gasteiger partial charge in [-0.2, -0.15) is 4.39 Å². The SMILES string of the molecule is O=C(Nc1ccc(F)nc1)c1ccc(-c2ccc(F)cc2)o1. The molecule has 0 saturated heterocycles. The minimum Gasteiger partial charge on any atom is -0.451 e. The number of carbonyl (C=O) groups excluding carboxylic acids is 1. The van der Waals surface area contributed by atoms with Gasteiger partial charge in [-0.05, 0) is 48.5 Å². The van der Waals surface area contributed by atoms with Crippen molar-refractivity contribution in [2.24, 2.45) is 0 Å². The van der Waals surface area contributed by atoms with Crippen LogP contribution in [-0.4, -0.2) is 10.9 Å². The van der Waals surface area contributed by atoms with Crippen LogP contribution < -0.4 is 5.32 Å². The van der Waals surface area contributed by atoms with Crippen molar-refractivity contribution in [2.45, 2.75) is 0 Å². The normalized spacial score (nSPS) is 10.5. The summed E-state index contributed by atoms with van der Waals surface area (Å²) in [5.74, 6) is -0.931. The van der Waals surface area contributed by atoms with Gasteiger partial charge in [0.1, 0.15) is 11.6 Å². The molecule has 0 bridgehead atoms. The number of hydrogen-bond donors (Lipinski definition) is 1. The van der Waals surface area contributed by atoms with Crippen LogP contribution in [-0.2, 0) is 0 Å². The molecule has 0 spiro atoms. The molecule has 0 aliphatic carbocycles. The van der Waals surface area contributed by atoms with E-state index >= 15 is 0 Å². The van der Waals surface area contributed by atoms with Crippen LogP contribution in [0.25, 0.3) is 11.3 Å². The fraction of sp³-hybridized carbons (Fsp3) is 0. The largest absolute Gasteiger partial charge is 0.451 e. The molecule has 1 aromatic carbocycles. The van der Waals surface area contributed by atoms with Gasteiger partial charge in [-0.1, -0.05) is 0 Å². The first kappa shape index (κ1) is 13.9. The van der Waals surface area contributed by atoms with E-state index in [1.54, 1.807) is 18.2 Å². The lowest BCUT2D eigenvalue weighted by Gasteiger charge is -2.02. The van der Waals surface area contributed by atoms with Gasteiger partial charge in [0, 0.05) is 5.56 Å². The predicted molar refractivity (Wildman–Crippen MR) is 76.3 cm³/mol. The molecule has 0 aliphatic heterocycles. The minimum absolute atomic E-state index is 0.0867. The van der Waals surface area contributed by atoms with Crippen molar-refractivity contribution in [3.63, 3.8) is 0 Å². The van der Waals surface area contributed by atoms with Gasteiger partial charge in [0.05, 0.1) is 11.9 Å². The topological polar surface area (TPSA) is 55.1 Å². The van der Waals surface area contributed by atoms with E-state index in [9.17, 15) is 13.6 Å². The Bertz CT molecular complexity index is 796. The van der Waals surface area contributed by atoms with E-state index in [1.165, 1.54) is 30.5 Å². The third kappa shape index (κ3) is 3.01.